The second-order valence-electron chi connectivity index (χ2n) is 6.58. The van der Waals surface area contributed by atoms with Crippen LogP contribution in [-0.4, -0.2) is 28.2 Å². The summed E-state index contributed by atoms with van der Waals surface area (Å²) in [7, 11) is -2.43. The molecule has 0 spiro atoms. The molecule has 8 nitrogen and oxygen atoms in total. The number of ether oxygens (including phenoxy) is 1. The molecule has 1 heterocycles. The van der Waals surface area contributed by atoms with Crippen LogP contribution in [0.15, 0.2) is 74.4 Å². The Hall–Kier alpha value is -3.64. The van der Waals surface area contributed by atoms with Crippen LogP contribution in [0.4, 0.5) is 5.69 Å². The van der Waals surface area contributed by atoms with Crippen LogP contribution in [0.25, 0.3) is 0 Å². The van der Waals surface area contributed by atoms with Crippen LogP contribution in [0.3, 0.4) is 0 Å². The van der Waals surface area contributed by atoms with E-state index in [1.165, 1.54) is 18.3 Å². The summed E-state index contributed by atoms with van der Waals surface area (Å²) < 4.78 is 5.94. The minimum atomic E-state index is -2.43. The fraction of sp³-hybridized carbons (Fsp3) is 0.190. The van der Waals surface area contributed by atoms with Crippen LogP contribution in [0.5, 0.6) is 5.75 Å². The SMILES string of the molecule is CC(C#N)CCOc1ccccc1S1(c2ccc([N+](=O)[O-])cc2)C=NC=C1C(=O)O. The standard InChI is InChI=1S/C21H19N3O5S/c1-15(12-22)10-11-29-18-4-2-3-5-19(18)30(14-23-13-20(30)21(25)26)17-8-6-16(7-9-17)24(27)28/h2-9,13-15H,10-11H2,1H3,(H,25,26). The van der Waals surface area contributed by atoms with Gasteiger partial charge >= 0.3 is 5.97 Å². The van der Waals surface area contributed by atoms with Gasteiger partial charge in [0.15, 0.2) is 0 Å². The molecule has 2 aromatic rings. The van der Waals surface area contributed by atoms with E-state index in [9.17, 15) is 20.0 Å². The zero-order valence-electron chi connectivity index (χ0n) is 16.1. The number of carboxylic acid groups (broad SMARTS) is 1. The minimum absolute atomic E-state index is 0.0842. The van der Waals surface area contributed by atoms with Crippen molar-refractivity contribution < 1.29 is 19.6 Å². The lowest BCUT2D eigenvalue weighted by molar-refractivity contribution is -0.384. The molecule has 9 heteroatoms. The third-order valence-corrected chi connectivity index (χ3v) is 8.07. The third kappa shape index (κ3) is 3.90. The lowest BCUT2D eigenvalue weighted by Crippen LogP contribution is -2.13. The number of nitro groups is 1. The Morgan fingerprint density at radius 2 is 2.00 bits per heavy atom. The summed E-state index contributed by atoms with van der Waals surface area (Å²) in [5, 5.41) is 29.9. The van der Waals surface area contributed by atoms with Gasteiger partial charge in [0.1, 0.15) is 10.7 Å². The number of aliphatic carboxylic acids is 1. The number of hydrogen-bond acceptors (Lipinski definition) is 6. The van der Waals surface area contributed by atoms with Crippen molar-refractivity contribution in [3.63, 3.8) is 0 Å². The molecule has 2 atom stereocenters. The highest BCUT2D eigenvalue weighted by Gasteiger charge is 2.40. The van der Waals surface area contributed by atoms with Gasteiger partial charge in [-0.05, 0) is 37.6 Å². The Morgan fingerprint density at radius 3 is 2.63 bits per heavy atom. The molecule has 154 valence electrons. The van der Waals surface area contributed by atoms with Crippen molar-refractivity contribution in [3.8, 4) is 11.8 Å². The van der Waals surface area contributed by atoms with Gasteiger partial charge < -0.3 is 9.84 Å². The first-order chi connectivity index (χ1) is 14.4. The number of rotatable bonds is 8. The maximum absolute atomic E-state index is 12.1. The van der Waals surface area contributed by atoms with Crippen LogP contribution < -0.4 is 4.74 Å². The van der Waals surface area contributed by atoms with Crippen molar-refractivity contribution in [3.05, 3.63) is 69.8 Å². The monoisotopic (exact) mass is 425 g/mol. The van der Waals surface area contributed by atoms with Gasteiger partial charge in [0.25, 0.3) is 5.69 Å². The summed E-state index contributed by atoms with van der Waals surface area (Å²) >= 11 is 0. The van der Waals surface area contributed by atoms with Crippen molar-refractivity contribution in [1.29, 1.82) is 5.26 Å². The molecule has 0 saturated carbocycles. The van der Waals surface area contributed by atoms with Crippen molar-refractivity contribution in [2.24, 2.45) is 10.9 Å². The number of benzene rings is 2. The Bertz CT molecular complexity index is 1070. The van der Waals surface area contributed by atoms with Gasteiger partial charge in [0.2, 0.25) is 0 Å². The van der Waals surface area contributed by atoms with Crippen molar-refractivity contribution in [2.45, 2.75) is 23.1 Å². The van der Waals surface area contributed by atoms with E-state index in [1.54, 1.807) is 48.9 Å². The first kappa shape index (κ1) is 21.1. The molecule has 1 aliphatic rings. The molecule has 1 aliphatic heterocycles. The average molecular weight is 425 g/mol. The molecule has 0 fully saturated rings. The zero-order valence-corrected chi connectivity index (χ0v) is 16.9. The maximum atomic E-state index is 12.1. The van der Waals surface area contributed by atoms with Crippen LogP contribution in [-0.2, 0) is 4.79 Å². The van der Waals surface area contributed by atoms with Crippen molar-refractivity contribution >= 4 is 27.2 Å². The Morgan fingerprint density at radius 1 is 1.30 bits per heavy atom. The summed E-state index contributed by atoms with van der Waals surface area (Å²) in [6.45, 7) is 2.10. The van der Waals surface area contributed by atoms with Crippen LogP contribution in [0.1, 0.15) is 13.3 Å². The van der Waals surface area contributed by atoms with E-state index < -0.39 is 20.9 Å². The second kappa shape index (κ2) is 8.80. The van der Waals surface area contributed by atoms with Gasteiger partial charge in [0, 0.05) is 34.0 Å². The quantitative estimate of drug-likeness (QED) is 0.482. The minimum Gasteiger partial charge on any atom is -0.492 e. The molecule has 0 amide bonds. The third-order valence-electron chi connectivity index (χ3n) is 4.61. The molecule has 2 aromatic carbocycles. The molecule has 0 aromatic heterocycles. The zero-order chi connectivity index (χ0) is 21.7. The number of aliphatic imine (C=N–C) groups is 1. The van der Waals surface area contributed by atoms with Gasteiger partial charge in [-0.3, -0.25) is 15.1 Å². The Kier molecular flexibility index (Phi) is 6.18. The molecule has 0 radical (unpaired) electrons. The molecular formula is C21H19N3O5S. The lowest BCUT2D eigenvalue weighted by Gasteiger charge is -2.35. The number of hydrogen-bond donors (Lipinski definition) is 1. The molecule has 30 heavy (non-hydrogen) atoms. The number of nitro benzene ring substituents is 1. The molecule has 1 N–H and O–H groups in total. The number of nitriles is 1. The van der Waals surface area contributed by atoms with E-state index >= 15 is 0 Å². The van der Waals surface area contributed by atoms with Crippen LogP contribution in [0.2, 0.25) is 0 Å². The van der Waals surface area contributed by atoms with Crippen LogP contribution in [0, 0.1) is 27.4 Å². The first-order valence-electron chi connectivity index (χ1n) is 9.06. The summed E-state index contributed by atoms with van der Waals surface area (Å²) in [4.78, 5) is 28.1. The number of nitrogens with zero attached hydrogens (tertiary/aromatic N) is 3. The highest BCUT2D eigenvalue weighted by atomic mass is 32.3. The number of carboxylic acids is 1. The normalized spacial score (nSPS) is 20.5. The highest BCUT2D eigenvalue weighted by molar-refractivity contribution is 8.47. The molecule has 2 unspecified atom stereocenters. The largest absolute Gasteiger partial charge is 0.492 e. The number of non-ortho nitro benzene ring substituents is 1. The van der Waals surface area contributed by atoms with E-state index in [4.69, 9.17) is 10.00 Å². The highest BCUT2D eigenvalue weighted by Crippen LogP contribution is 2.70. The predicted octanol–water partition coefficient (Wildman–Crippen LogP) is 4.71. The van der Waals surface area contributed by atoms with Crippen molar-refractivity contribution in [1.82, 2.24) is 0 Å². The fourth-order valence-corrected chi connectivity index (χ4v) is 6.18. The number of para-hydroxylation sites is 1. The lowest BCUT2D eigenvalue weighted by atomic mass is 10.1. The summed E-state index contributed by atoms with van der Waals surface area (Å²) in [5.74, 6) is -0.791. The van der Waals surface area contributed by atoms with E-state index in [2.05, 4.69) is 11.1 Å². The molecular weight excluding hydrogens is 406 g/mol. The van der Waals surface area contributed by atoms with E-state index in [-0.39, 0.29) is 16.5 Å². The molecule has 0 bridgehead atoms. The van der Waals surface area contributed by atoms with E-state index in [1.807, 2.05) is 0 Å². The maximum Gasteiger partial charge on any atom is 0.343 e. The smallest absolute Gasteiger partial charge is 0.343 e. The molecule has 0 aliphatic carbocycles. The van der Waals surface area contributed by atoms with Gasteiger partial charge in [-0.15, -0.1) is 10.0 Å². The Balaban J connectivity index is 2.11. The number of carbonyl (C=O) groups is 1. The van der Waals surface area contributed by atoms with Crippen LogP contribution >= 0.6 is 10.0 Å². The topological polar surface area (TPSA) is 126 Å². The first-order valence-corrected chi connectivity index (χ1v) is 10.8. The van der Waals surface area contributed by atoms with Crippen molar-refractivity contribution in [2.75, 3.05) is 6.61 Å². The Labute approximate surface area is 174 Å². The van der Waals surface area contributed by atoms with Gasteiger partial charge in [-0.2, -0.15) is 5.26 Å². The van der Waals surface area contributed by atoms with Gasteiger partial charge in [-0.25, -0.2) is 4.79 Å². The predicted molar refractivity (Wildman–Crippen MR) is 113 cm³/mol. The average Bonchev–Trinajstić information content (AvgIpc) is 3.20. The molecule has 0 saturated heterocycles. The molecule has 3 rings (SSSR count). The van der Waals surface area contributed by atoms with E-state index in [0.717, 1.165) is 0 Å². The summed E-state index contributed by atoms with van der Waals surface area (Å²) in [6, 6.07) is 15.1. The van der Waals surface area contributed by atoms with Gasteiger partial charge in [-0.1, -0.05) is 12.1 Å². The second-order valence-corrected chi connectivity index (χ2v) is 9.46. The summed E-state index contributed by atoms with van der Waals surface area (Å²) in [6.07, 6.45) is 1.84. The van der Waals surface area contributed by atoms with Gasteiger partial charge in [0.05, 0.1) is 23.1 Å². The fourth-order valence-electron chi connectivity index (χ4n) is 3.04. The summed E-state index contributed by atoms with van der Waals surface area (Å²) in [5.41, 5.74) is 1.51. The van der Waals surface area contributed by atoms with E-state index in [0.29, 0.717) is 28.6 Å².